The Kier molecular flexibility index (Phi) is 5.86. The van der Waals surface area contributed by atoms with E-state index >= 15 is 0 Å². The summed E-state index contributed by atoms with van der Waals surface area (Å²) in [6.07, 6.45) is 0.895. The third-order valence-corrected chi connectivity index (χ3v) is 7.81. The van der Waals surface area contributed by atoms with Gasteiger partial charge in [0.1, 0.15) is 11.2 Å². The van der Waals surface area contributed by atoms with Crippen LogP contribution in [0.3, 0.4) is 0 Å². The quantitative estimate of drug-likeness (QED) is 0.199. The van der Waals surface area contributed by atoms with Gasteiger partial charge in [0.05, 0.1) is 0 Å². The summed E-state index contributed by atoms with van der Waals surface area (Å²) in [6, 6.07) is 44.1. The number of benzene rings is 6. The van der Waals surface area contributed by atoms with Gasteiger partial charge in [-0.1, -0.05) is 103 Å². The highest BCUT2D eigenvalue weighted by Crippen LogP contribution is 2.39. The zero-order valence-electron chi connectivity index (χ0n) is 22.9. The normalized spacial score (nSPS) is 11.3. The van der Waals surface area contributed by atoms with Crippen molar-refractivity contribution in [2.75, 3.05) is 0 Å². The van der Waals surface area contributed by atoms with E-state index in [4.69, 9.17) is 19.4 Å². The maximum Gasteiger partial charge on any atom is 0.164 e. The number of hydrogen-bond donors (Lipinski definition) is 0. The molecule has 0 aliphatic carbocycles. The summed E-state index contributed by atoms with van der Waals surface area (Å²) in [5, 5.41) is 4.16. The van der Waals surface area contributed by atoms with E-state index in [1.807, 2.05) is 97.1 Å². The van der Waals surface area contributed by atoms with Crippen molar-refractivity contribution in [2.45, 2.75) is 0 Å². The fourth-order valence-electron chi connectivity index (χ4n) is 5.71. The van der Waals surface area contributed by atoms with Crippen molar-refractivity contribution in [3.05, 3.63) is 139 Å². The van der Waals surface area contributed by atoms with E-state index in [0.717, 1.165) is 66.8 Å². The van der Waals surface area contributed by atoms with E-state index in [1.54, 1.807) is 0 Å². The van der Waals surface area contributed by atoms with Crippen molar-refractivity contribution in [3.8, 4) is 45.3 Å². The lowest BCUT2D eigenvalue weighted by atomic mass is 9.95. The Labute approximate surface area is 247 Å². The minimum Gasteiger partial charge on any atom is -0.456 e. The number of aldehydes is 1. The van der Waals surface area contributed by atoms with Crippen LogP contribution in [-0.4, -0.2) is 21.2 Å². The molecule has 5 heteroatoms. The first kappa shape index (κ1) is 24.8. The number of fused-ring (bicyclic) bond motifs is 4. The number of rotatable bonds is 5. The van der Waals surface area contributed by atoms with Gasteiger partial charge in [-0.3, -0.25) is 4.79 Å². The number of nitrogens with zero attached hydrogens (tertiary/aromatic N) is 3. The molecule has 8 aromatic rings. The van der Waals surface area contributed by atoms with Crippen LogP contribution in [0, 0.1) is 0 Å². The van der Waals surface area contributed by atoms with Gasteiger partial charge in [0, 0.05) is 33.0 Å². The lowest BCUT2D eigenvalue weighted by Gasteiger charge is -2.09. The summed E-state index contributed by atoms with van der Waals surface area (Å²) in [5.74, 6) is 1.78. The lowest BCUT2D eigenvalue weighted by Crippen LogP contribution is -2.00. The van der Waals surface area contributed by atoms with Gasteiger partial charge in [-0.05, 0) is 52.2 Å². The molecule has 0 aliphatic rings. The molecule has 0 saturated carbocycles. The molecule has 2 aromatic heterocycles. The second-order valence-electron chi connectivity index (χ2n) is 10.4. The molecule has 0 fully saturated rings. The SMILES string of the molecule is O=Cc1ccccc1-c1cccc2oc3ccc(-c4nc(-c5ccccc5)nc(-c5ccc6ccccc6c5)n4)cc3c12. The second-order valence-corrected chi connectivity index (χ2v) is 10.4. The number of carbonyl (C=O) groups excluding carboxylic acids is 1. The van der Waals surface area contributed by atoms with Crippen LogP contribution in [0.4, 0.5) is 0 Å². The Morgan fingerprint density at radius 2 is 1.14 bits per heavy atom. The third-order valence-electron chi connectivity index (χ3n) is 7.81. The van der Waals surface area contributed by atoms with Gasteiger partial charge in [0.25, 0.3) is 0 Å². The molecular formula is C38H23N3O2. The van der Waals surface area contributed by atoms with Crippen molar-refractivity contribution >= 4 is 39.0 Å². The molecule has 2 heterocycles. The van der Waals surface area contributed by atoms with E-state index < -0.39 is 0 Å². The number of carbonyl (C=O) groups is 1. The Morgan fingerprint density at radius 3 is 1.95 bits per heavy atom. The summed E-state index contributed by atoms with van der Waals surface area (Å²) in [7, 11) is 0. The van der Waals surface area contributed by atoms with Gasteiger partial charge in [0.2, 0.25) is 0 Å². The average Bonchev–Trinajstić information content (AvgIpc) is 3.46. The standard InChI is InChI=1S/C38H23N3O2/c42-23-29-13-6-7-14-30(29)31-15-8-16-34-35(31)32-22-28(19-20-33(32)43-34)38-40-36(25-10-2-1-3-11-25)39-37(41-38)27-18-17-24-9-4-5-12-26(24)21-27/h1-23H. The van der Waals surface area contributed by atoms with E-state index in [-0.39, 0.29) is 0 Å². The van der Waals surface area contributed by atoms with Crippen LogP contribution < -0.4 is 0 Å². The van der Waals surface area contributed by atoms with Crippen molar-refractivity contribution in [1.29, 1.82) is 0 Å². The molecule has 0 aliphatic heterocycles. The van der Waals surface area contributed by atoms with Gasteiger partial charge in [-0.25, -0.2) is 15.0 Å². The van der Waals surface area contributed by atoms with E-state index in [9.17, 15) is 4.79 Å². The van der Waals surface area contributed by atoms with Gasteiger partial charge < -0.3 is 4.42 Å². The molecule has 43 heavy (non-hydrogen) atoms. The first-order valence-electron chi connectivity index (χ1n) is 14.1. The van der Waals surface area contributed by atoms with Crippen molar-refractivity contribution in [3.63, 3.8) is 0 Å². The molecular weight excluding hydrogens is 530 g/mol. The van der Waals surface area contributed by atoms with Gasteiger partial charge >= 0.3 is 0 Å². The Morgan fingerprint density at radius 1 is 0.488 bits per heavy atom. The third kappa shape index (κ3) is 4.35. The first-order valence-corrected chi connectivity index (χ1v) is 14.1. The molecule has 0 spiro atoms. The zero-order valence-corrected chi connectivity index (χ0v) is 22.9. The molecule has 202 valence electrons. The predicted molar refractivity (Wildman–Crippen MR) is 172 cm³/mol. The maximum absolute atomic E-state index is 11.9. The van der Waals surface area contributed by atoms with Crippen LogP contribution in [0.25, 0.3) is 78.0 Å². The van der Waals surface area contributed by atoms with Crippen LogP contribution in [0.1, 0.15) is 10.4 Å². The molecule has 5 nitrogen and oxygen atoms in total. The molecule has 0 atom stereocenters. The second kappa shape index (κ2) is 10.2. The summed E-state index contributed by atoms with van der Waals surface area (Å²) >= 11 is 0. The Balaban J connectivity index is 1.35. The molecule has 0 bridgehead atoms. The highest BCUT2D eigenvalue weighted by molar-refractivity contribution is 6.14. The topological polar surface area (TPSA) is 68.9 Å². The Bertz CT molecular complexity index is 2320. The van der Waals surface area contributed by atoms with Crippen molar-refractivity contribution in [2.24, 2.45) is 0 Å². The van der Waals surface area contributed by atoms with Crippen molar-refractivity contribution < 1.29 is 9.21 Å². The average molecular weight is 554 g/mol. The number of furan rings is 1. The largest absolute Gasteiger partial charge is 0.456 e. The summed E-state index contributed by atoms with van der Waals surface area (Å²) in [4.78, 5) is 26.7. The fraction of sp³-hybridized carbons (Fsp3) is 0. The molecule has 0 N–H and O–H groups in total. The molecule has 0 saturated heterocycles. The Hall–Kier alpha value is -5.94. The number of aromatic nitrogens is 3. The van der Waals surface area contributed by atoms with Crippen LogP contribution >= 0.6 is 0 Å². The summed E-state index contributed by atoms with van der Waals surface area (Å²) in [5.41, 5.74) is 6.61. The summed E-state index contributed by atoms with van der Waals surface area (Å²) < 4.78 is 6.26. The van der Waals surface area contributed by atoms with Gasteiger partial charge in [-0.2, -0.15) is 0 Å². The summed E-state index contributed by atoms with van der Waals surface area (Å²) in [6.45, 7) is 0. The molecule has 0 amide bonds. The molecule has 6 aromatic carbocycles. The van der Waals surface area contributed by atoms with Gasteiger partial charge in [0.15, 0.2) is 23.8 Å². The highest BCUT2D eigenvalue weighted by Gasteiger charge is 2.17. The van der Waals surface area contributed by atoms with Crippen LogP contribution in [-0.2, 0) is 0 Å². The minimum atomic E-state index is 0.569. The highest BCUT2D eigenvalue weighted by atomic mass is 16.3. The van der Waals surface area contributed by atoms with E-state index in [2.05, 4.69) is 36.4 Å². The first-order chi connectivity index (χ1) is 21.2. The van der Waals surface area contributed by atoms with Crippen LogP contribution in [0.15, 0.2) is 138 Å². The fourth-order valence-corrected chi connectivity index (χ4v) is 5.71. The molecule has 0 unspecified atom stereocenters. The van der Waals surface area contributed by atoms with E-state index in [0.29, 0.717) is 23.0 Å². The smallest absolute Gasteiger partial charge is 0.164 e. The van der Waals surface area contributed by atoms with E-state index in [1.165, 1.54) is 0 Å². The van der Waals surface area contributed by atoms with Crippen LogP contribution in [0.2, 0.25) is 0 Å². The lowest BCUT2D eigenvalue weighted by molar-refractivity contribution is 0.112. The van der Waals surface area contributed by atoms with Crippen LogP contribution in [0.5, 0.6) is 0 Å². The van der Waals surface area contributed by atoms with Crippen molar-refractivity contribution in [1.82, 2.24) is 15.0 Å². The molecule has 8 rings (SSSR count). The maximum atomic E-state index is 11.9. The monoisotopic (exact) mass is 553 g/mol. The predicted octanol–water partition coefficient (Wildman–Crippen LogP) is 9.40. The number of hydrogen-bond acceptors (Lipinski definition) is 5. The minimum absolute atomic E-state index is 0.569. The molecule has 0 radical (unpaired) electrons. The zero-order chi connectivity index (χ0) is 28.8. The van der Waals surface area contributed by atoms with Gasteiger partial charge in [-0.15, -0.1) is 0 Å².